The summed E-state index contributed by atoms with van der Waals surface area (Å²) in [5.41, 5.74) is 9.70. The third-order valence-electron chi connectivity index (χ3n) is 12.4. The summed E-state index contributed by atoms with van der Waals surface area (Å²) in [4.78, 5) is 27.0. The maximum Gasteiger partial charge on any atom is 0.257 e. The van der Waals surface area contributed by atoms with Gasteiger partial charge in [-0.1, -0.05) is 132 Å². The summed E-state index contributed by atoms with van der Waals surface area (Å²) >= 11 is 3.63. The number of nitrogens with one attached hydrogen (secondary N) is 2. The Morgan fingerprint density at radius 2 is 0.692 bits per heavy atom. The van der Waals surface area contributed by atoms with Gasteiger partial charge in [0.25, 0.3) is 11.8 Å². The zero-order chi connectivity index (χ0) is 47.5. The SMILES string of the molecule is CC(C)(C)c1cc2c(O)c(c1)Cc1cc(C(C)(C)C)cc3c1OCC(=O)NCCSCCCSCCNC(=O)COc1c(cc(C(C)(C)C)cc1Cc1cc(C(C)(C)C)cc(c1O)C3)C2. The molecule has 8 nitrogen and oxygen atoms in total. The first kappa shape index (κ1) is 50.1. The van der Waals surface area contributed by atoms with E-state index in [0.29, 0.717) is 50.3 Å². The number of aromatic hydroxyl groups is 2. The molecule has 2 aliphatic rings. The molecule has 0 saturated heterocycles. The Hall–Kier alpha value is -4.28. The number of phenols is 2. The molecule has 0 atom stereocenters. The van der Waals surface area contributed by atoms with E-state index in [1.807, 2.05) is 23.5 Å². The molecule has 4 N–H and O–H groups in total. The van der Waals surface area contributed by atoms with Crippen LogP contribution in [0.1, 0.15) is 156 Å². The molecule has 1 aliphatic carbocycles. The van der Waals surface area contributed by atoms with E-state index in [-0.39, 0.29) is 58.2 Å². The van der Waals surface area contributed by atoms with Crippen LogP contribution in [-0.2, 0) is 56.9 Å². The summed E-state index contributed by atoms with van der Waals surface area (Å²) in [6.07, 6.45) is 2.38. The Bertz CT molecular complexity index is 2120. The molecular formula is C55H74N2O6S2. The number of ether oxygens (including phenoxy) is 2. The molecule has 65 heavy (non-hydrogen) atoms. The molecule has 0 fully saturated rings. The van der Waals surface area contributed by atoms with Crippen LogP contribution in [0.25, 0.3) is 0 Å². The summed E-state index contributed by atoms with van der Waals surface area (Å²) < 4.78 is 13.4. The average molecular weight is 923 g/mol. The van der Waals surface area contributed by atoms with Crippen molar-refractivity contribution in [2.24, 2.45) is 0 Å². The van der Waals surface area contributed by atoms with Gasteiger partial charge in [-0.05, 0) is 106 Å². The average Bonchev–Trinajstić information content (AvgIpc) is 3.19. The predicted molar refractivity (Wildman–Crippen MR) is 271 cm³/mol. The molecule has 1 aliphatic heterocycles. The van der Waals surface area contributed by atoms with Crippen LogP contribution in [0.15, 0.2) is 48.5 Å². The minimum Gasteiger partial charge on any atom is -0.507 e. The van der Waals surface area contributed by atoms with Crippen molar-refractivity contribution < 1.29 is 29.3 Å². The van der Waals surface area contributed by atoms with Crippen LogP contribution in [0.4, 0.5) is 0 Å². The largest absolute Gasteiger partial charge is 0.507 e. The predicted octanol–water partition coefficient (Wildman–Crippen LogP) is 10.8. The Morgan fingerprint density at radius 3 is 0.954 bits per heavy atom. The van der Waals surface area contributed by atoms with Gasteiger partial charge in [-0.2, -0.15) is 23.5 Å². The van der Waals surface area contributed by atoms with E-state index < -0.39 is 0 Å². The number of carbonyl (C=O) groups excluding carboxylic acids is 2. The van der Waals surface area contributed by atoms with E-state index in [4.69, 9.17) is 9.47 Å². The summed E-state index contributed by atoms with van der Waals surface area (Å²) in [6.45, 7) is 26.9. The smallest absolute Gasteiger partial charge is 0.257 e. The van der Waals surface area contributed by atoms with Gasteiger partial charge in [0.05, 0.1) is 0 Å². The number of carbonyl (C=O) groups is 2. The normalized spacial score (nSPS) is 16.7. The molecule has 352 valence electrons. The van der Waals surface area contributed by atoms with Gasteiger partial charge in [0.1, 0.15) is 23.0 Å². The van der Waals surface area contributed by atoms with Crippen molar-refractivity contribution in [3.05, 3.63) is 115 Å². The molecule has 1 heterocycles. The van der Waals surface area contributed by atoms with Gasteiger partial charge in [-0.25, -0.2) is 0 Å². The number of fused-ring (bicyclic) bond motifs is 2. The van der Waals surface area contributed by atoms with E-state index in [1.54, 1.807) is 0 Å². The highest BCUT2D eigenvalue weighted by atomic mass is 32.2. The Kier molecular flexibility index (Phi) is 15.7. The molecule has 10 bridgehead atoms. The number of hydrogen-bond donors (Lipinski definition) is 4. The molecule has 0 unspecified atom stereocenters. The third kappa shape index (κ3) is 13.0. The van der Waals surface area contributed by atoms with Crippen LogP contribution in [0.3, 0.4) is 0 Å². The molecular weight excluding hydrogens is 849 g/mol. The maximum absolute atomic E-state index is 13.5. The van der Waals surface area contributed by atoms with Crippen molar-refractivity contribution in [2.75, 3.05) is 49.3 Å². The van der Waals surface area contributed by atoms with Gasteiger partial charge < -0.3 is 30.3 Å². The van der Waals surface area contributed by atoms with Crippen molar-refractivity contribution in [1.82, 2.24) is 10.6 Å². The van der Waals surface area contributed by atoms with Gasteiger partial charge in [0, 0.05) is 50.3 Å². The van der Waals surface area contributed by atoms with E-state index in [2.05, 4.69) is 142 Å². The van der Waals surface area contributed by atoms with Crippen LogP contribution >= 0.6 is 23.5 Å². The van der Waals surface area contributed by atoms with Gasteiger partial charge in [-0.15, -0.1) is 0 Å². The molecule has 0 saturated carbocycles. The fourth-order valence-corrected chi connectivity index (χ4v) is 10.2. The van der Waals surface area contributed by atoms with E-state index in [1.165, 1.54) is 0 Å². The van der Waals surface area contributed by atoms with Crippen LogP contribution in [0, 0.1) is 0 Å². The first-order valence-electron chi connectivity index (χ1n) is 23.4. The van der Waals surface area contributed by atoms with Crippen molar-refractivity contribution in [1.29, 1.82) is 0 Å². The fourth-order valence-electron chi connectivity index (χ4n) is 8.39. The maximum atomic E-state index is 13.5. The van der Waals surface area contributed by atoms with Gasteiger partial charge in [-0.3, -0.25) is 9.59 Å². The van der Waals surface area contributed by atoms with Crippen LogP contribution in [0.5, 0.6) is 23.0 Å². The summed E-state index contributed by atoms with van der Waals surface area (Å²) in [5, 5.41) is 31.3. The van der Waals surface area contributed by atoms with Crippen LogP contribution in [0.2, 0.25) is 0 Å². The zero-order valence-corrected chi connectivity index (χ0v) is 42.8. The molecule has 10 heteroatoms. The van der Waals surface area contributed by atoms with Crippen LogP contribution in [-0.4, -0.2) is 71.3 Å². The first-order chi connectivity index (χ1) is 30.4. The topological polar surface area (TPSA) is 117 Å². The lowest BCUT2D eigenvalue weighted by atomic mass is 9.79. The standard InChI is InChI=1S/C55H74N2O6S2/c1-52(2,3)42-24-34-20-38-28-44(54(7,8)9)30-40-22-36-26-43(53(4,5)6)27-37(49(36)61)23-41-31-45(55(10,11)12)29-39(21-35(25-42)48(34)60)51(41)63-33-47(59)57-15-19-65-17-13-16-64-18-14-56-46(58)32-62-50(38)40/h24-31,60-61H,13-23,32-33H2,1-12H3,(H,56,58)(H,57,59). The number of amides is 2. The number of phenolic OH excluding ortho intramolecular Hbond substituents is 2. The molecule has 0 radical (unpaired) electrons. The minimum atomic E-state index is -0.258. The zero-order valence-electron chi connectivity index (χ0n) is 41.2. The second-order valence-electron chi connectivity index (χ2n) is 22.1. The highest BCUT2D eigenvalue weighted by Crippen LogP contribution is 2.44. The van der Waals surface area contributed by atoms with Crippen molar-refractivity contribution in [2.45, 2.75) is 137 Å². The lowest BCUT2D eigenvalue weighted by Crippen LogP contribution is -2.31. The number of rotatable bonds is 0. The van der Waals surface area contributed by atoms with Crippen molar-refractivity contribution in [3.63, 3.8) is 0 Å². The summed E-state index contributed by atoms with van der Waals surface area (Å²) in [7, 11) is 0. The summed E-state index contributed by atoms with van der Waals surface area (Å²) in [6, 6.07) is 17.1. The second-order valence-corrected chi connectivity index (χ2v) is 24.5. The van der Waals surface area contributed by atoms with Gasteiger partial charge in [0.15, 0.2) is 13.2 Å². The molecule has 0 spiro atoms. The molecule has 0 aromatic heterocycles. The van der Waals surface area contributed by atoms with Gasteiger partial charge >= 0.3 is 0 Å². The molecule has 2 amide bonds. The molecule has 6 rings (SSSR count). The van der Waals surface area contributed by atoms with E-state index in [9.17, 15) is 19.8 Å². The van der Waals surface area contributed by atoms with E-state index >= 15 is 0 Å². The lowest BCUT2D eigenvalue weighted by Gasteiger charge is -2.28. The minimum absolute atomic E-state index is 0.168. The first-order valence-corrected chi connectivity index (χ1v) is 25.7. The highest BCUT2D eigenvalue weighted by Gasteiger charge is 2.29. The van der Waals surface area contributed by atoms with Crippen LogP contribution < -0.4 is 20.1 Å². The Labute approximate surface area is 397 Å². The number of hydrogen-bond acceptors (Lipinski definition) is 8. The fraction of sp³-hybridized carbons (Fsp3) is 0.527. The quantitative estimate of drug-likeness (QED) is 0.121. The summed E-state index contributed by atoms with van der Waals surface area (Å²) in [5.74, 6) is 4.73. The Balaban J connectivity index is 1.68. The monoisotopic (exact) mass is 922 g/mol. The molecule has 4 aromatic rings. The van der Waals surface area contributed by atoms with Gasteiger partial charge in [0.2, 0.25) is 0 Å². The second kappa shape index (κ2) is 20.3. The number of thioether (sulfide) groups is 2. The Morgan fingerprint density at radius 1 is 0.431 bits per heavy atom. The number of benzene rings is 4. The third-order valence-corrected chi connectivity index (χ3v) is 14.6. The lowest BCUT2D eigenvalue weighted by molar-refractivity contribution is -0.123. The van der Waals surface area contributed by atoms with Crippen molar-refractivity contribution >= 4 is 35.3 Å². The molecule has 4 aromatic carbocycles. The van der Waals surface area contributed by atoms with E-state index in [0.717, 1.165) is 96.2 Å². The highest BCUT2D eigenvalue weighted by molar-refractivity contribution is 8.00. The van der Waals surface area contributed by atoms with Crippen molar-refractivity contribution in [3.8, 4) is 23.0 Å².